The van der Waals surface area contributed by atoms with Gasteiger partial charge in [-0.05, 0) is 49.6 Å². The van der Waals surface area contributed by atoms with Crippen LogP contribution in [0.25, 0.3) is 11.8 Å². The minimum atomic E-state index is -0.495. The second-order valence-corrected chi connectivity index (χ2v) is 7.51. The minimum absolute atomic E-state index is 0.174. The van der Waals surface area contributed by atoms with E-state index in [9.17, 15) is 18.4 Å². The molecule has 0 saturated carbocycles. The van der Waals surface area contributed by atoms with Crippen molar-refractivity contribution in [1.29, 1.82) is 0 Å². The summed E-state index contributed by atoms with van der Waals surface area (Å²) in [5.41, 5.74) is 1.78. The van der Waals surface area contributed by atoms with Crippen LogP contribution in [0.2, 0.25) is 0 Å². The lowest BCUT2D eigenvalue weighted by molar-refractivity contribution is 0.0734. The maximum Gasteiger partial charge on any atom is 0.278 e. The van der Waals surface area contributed by atoms with Gasteiger partial charge in [0.05, 0.1) is 0 Å². The number of carbonyl (C=O) groups is 1. The van der Waals surface area contributed by atoms with Crippen LogP contribution >= 0.6 is 0 Å². The lowest BCUT2D eigenvalue weighted by atomic mass is 10.0. The van der Waals surface area contributed by atoms with Gasteiger partial charge in [0.15, 0.2) is 5.69 Å². The number of hydrogen-bond donors (Lipinski definition) is 0. The molecule has 1 amide bonds. The molecule has 0 radical (unpaired) electrons. The number of para-hydroxylation sites is 1. The Hall–Kier alpha value is -3.61. The maximum atomic E-state index is 14.2. The molecule has 0 atom stereocenters. The first-order valence-corrected chi connectivity index (χ1v) is 10.0. The highest BCUT2D eigenvalue weighted by Crippen LogP contribution is 2.21. The standard InChI is InChI=1S/C24H21F2N3O2/c1-16-13-22(30)23(27-29(16)21-8-3-2-7-20(21)26)24(31)28-11-9-17(10-12-28)14-18-5-4-6-19(25)15-18/h2-8,13-15H,9-12H2,1H3. The maximum absolute atomic E-state index is 14.2. The summed E-state index contributed by atoms with van der Waals surface area (Å²) in [5.74, 6) is -1.26. The Labute approximate surface area is 178 Å². The summed E-state index contributed by atoms with van der Waals surface area (Å²) >= 11 is 0. The molecular weight excluding hydrogens is 400 g/mol. The molecule has 2 aromatic carbocycles. The monoisotopic (exact) mass is 421 g/mol. The van der Waals surface area contributed by atoms with Gasteiger partial charge in [-0.25, -0.2) is 13.5 Å². The van der Waals surface area contributed by atoms with Gasteiger partial charge < -0.3 is 4.90 Å². The highest BCUT2D eigenvalue weighted by atomic mass is 19.1. The van der Waals surface area contributed by atoms with E-state index in [0.717, 1.165) is 11.1 Å². The van der Waals surface area contributed by atoms with Crippen LogP contribution in [-0.2, 0) is 0 Å². The number of aromatic nitrogens is 2. The van der Waals surface area contributed by atoms with Crippen molar-refractivity contribution in [3.63, 3.8) is 0 Å². The Kier molecular flexibility index (Phi) is 5.75. The molecule has 1 aliphatic rings. The molecule has 1 saturated heterocycles. The molecule has 1 fully saturated rings. The Morgan fingerprint density at radius 1 is 1.03 bits per heavy atom. The van der Waals surface area contributed by atoms with Crippen molar-refractivity contribution < 1.29 is 13.6 Å². The summed E-state index contributed by atoms with van der Waals surface area (Å²) in [7, 11) is 0. The van der Waals surface area contributed by atoms with Crippen molar-refractivity contribution in [3.8, 4) is 5.69 Å². The predicted octanol–water partition coefficient (Wildman–Crippen LogP) is 4.14. The number of benzene rings is 2. The fraction of sp³-hybridized carbons (Fsp3) is 0.208. The van der Waals surface area contributed by atoms with E-state index in [1.807, 2.05) is 12.1 Å². The van der Waals surface area contributed by atoms with Gasteiger partial charge in [0.25, 0.3) is 5.91 Å². The zero-order chi connectivity index (χ0) is 22.0. The molecule has 0 spiro atoms. The molecule has 1 aromatic heterocycles. The lowest BCUT2D eigenvalue weighted by Gasteiger charge is -2.28. The predicted molar refractivity (Wildman–Crippen MR) is 114 cm³/mol. The summed E-state index contributed by atoms with van der Waals surface area (Å²) < 4.78 is 28.9. The summed E-state index contributed by atoms with van der Waals surface area (Å²) in [6, 6.07) is 13.7. The molecule has 0 unspecified atom stereocenters. The van der Waals surface area contributed by atoms with E-state index in [1.165, 1.54) is 28.9 Å². The molecule has 0 N–H and O–H groups in total. The molecule has 31 heavy (non-hydrogen) atoms. The Morgan fingerprint density at radius 3 is 2.48 bits per heavy atom. The average Bonchev–Trinajstić information content (AvgIpc) is 2.75. The third-order valence-corrected chi connectivity index (χ3v) is 5.30. The van der Waals surface area contributed by atoms with Gasteiger partial charge in [0, 0.05) is 24.8 Å². The Bertz CT molecular complexity index is 1220. The highest BCUT2D eigenvalue weighted by molar-refractivity contribution is 5.92. The second-order valence-electron chi connectivity index (χ2n) is 7.51. The summed E-state index contributed by atoms with van der Waals surface area (Å²) in [5, 5.41) is 4.19. The third kappa shape index (κ3) is 4.45. The molecule has 5 nitrogen and oxygen atoms in total. The molecule has 7 heteroatoms. The molecule has 1 aliphatic heterocycles. The number of amides is 1. The number of piperidine rings is 1. The third-order valence-electron chi connectivity index (χ3n) is 5.30. The lowest BCUT2D eigenvalue weighted by Crippen LogP contribution is -2.40. The molecule has 4 rings (SSSR count). The van der Waals surface area contributed by atoms with E-state index in [0.29, 0.717) is 31.6 Å². The van der Waals surface area contributed by atoms with Crippen LogP contribution in [0.3, 0.4) is 0 Å². The van der Waals surface area contributed by atoms with E-state index in [1.54, 1.807) is 36.1 Å². The topological polar surface area (TPSA) is 55.2 Å². The van der Waals surface area contributed by atoms with Crippen molar-refractivity contribution in [2.24, 2.45) is 0 Å². The van der Waals surface area contributed by atoms with E-state index < -0.39 is 17.2 Å². The van der Waals surface area contributed by atoms with Gasteiger partial charge in [-0.2, -0.15) is 5.10 Å². The highest BCUT2D eigenvalue weighted by Gasteiger charge is 2.25. The van der Waals surface area contributed by atoms with Gasteiger partial charge in [-0.3, -0.25) is 9.59 Å². The van der Waals surface area contributed by atoms with Crippen LogP contribution in [0.5, 0.6) is 0 Å². The minimum Gasteiger partial charge on any atom is -0.336 e. The molecule has 3 aromatic rings. The fourth-order valence-electron chi connectivity index (χ4n) is 3.69. The number of halogens is 2. The van der Waals surface area contributed by atoms with Crippen molar-refractivity contribution in [2.45, 2.75) is 19.8 Å². The van der Waals surface area contributed by atoms with Crippen LogP contribution in [0, 0.1) is 18.6 Å². The fourth-order valence-corrected chi connectivity index (χ4v) is 3.69. The van der Waals surface area contributed by atoms with Crippen molar-refractivity contribution >= 4 is 12.0 Å². The SMILES string of the molecule is Cc1cc(=O)c(C(=O)N2CCC(=Cc3cccc(F)c3)CC2)nn1-c1ccccc1F. The van der Waals surface area contributed by atoms with Crippen LogP contribution in [0.1, 0.15) is 34.6 Å². The second kappa shape index (κ2) is 8.63. The Balaban J connectivity index is 1.55. The zero-order valence-corrected chi connectivity index (χ0v) is 17.0. The Morgan fingerprint density at radius 2 is 1.77 bits per heavy atom. The van der Waals surface area contributed by atoms with Crippen LogP contribution in [0.15, 0.2) is 65.0 Å². The molecule has 0 bridgehead atoms. The summed E-state index contributed by atoms with van der Waals surface area (Å²) in [6.45, 7) is 2.49. The number of carbonyl (C=O) groups excluding carboxylic acids is 1. The number of rotatable bonds is 3. The largest absolute Gasteiger partial charge is 0.336 e. The van der Waals surface area contributed by atoms with E-state index in [2.05, 4.69) is 5.10 Å². The number of likely N-dealkylation sites (tertiary alicyclic amines) is 1. The smallest absolute Gasteiger partial charge is 0.278 e. The zero-order valence-electron chi connectivity index (χ0n) is 17.0. The van der Waals surface area contributed by atoms with Crippen LogP contribution in [-0.4, -0.2) is 33.7 Å². The van der Waals surface area contributed by atoms with Gasteiger partial charge in [-0.15, -0.1) is 0 Å². The average molecular weight is 421 g/mol. The van der Waals surface area contributed by atoms with Crippen molar-refractivity contribution in [2.75, 3.05) is 13.1 Å². The normalized spacial score (nSPS) is 13.9. The molecule has 2 heterocycles. The van der Waals surface area contributed by atoms with Crippen molar-refractivity contribution in [3.05, 3.63) is 99.0 Å². The van der Waals surface area contributed by atoms with Gasteiger partial charge in [0.2, 0.25) is 5.43 Å². The van der Waals surface area contributed by atoms with E-state index >= 15 is 0 Å². The first-order chi connectivity index (χ1) is 14.9. The molecule has 158 valence electrons. The molecular formula is C24H21F2N3O2. The van der Waals surface area contributed by atoms with E-state index in [-0.39, 0.29) is 17.2 Å². The number of nitrogens with zero attached hydrogens (tertiary/aromatic N) is 3. The van der Waals surface area contributed by atoms with E-state index in [4.69, 9.17) is 0 Å². The summed E-state index contributed by atoms with van der Waals surface area (Å²) in [4.78, 5) is 27.0. The van der Waals surface area contributed by atoms with Crippen LogP contribution in [0.4, 0.5) is 8.78 Å². The first kappa shape index (κ1) is 20.7. The molecule has 0 aliphatic carbocycles. The van der Waals surface area contributed by atoms with Crippen molar-refractivity contribution in [1.82, 2.24) is 14.7 Å². The van der Waals surface area contributed by atoms with Gasteiger partial charge >= 0.3 is 0 Å². The first-order valence-electron chi connectivity index (χ1n) is 10.0. The summed E-state index contributed by atoms with van der Waals surface area (Å²) in [6.07, 6.45) is 3.17. The quantitative estimate of drug-likeness (QED) is 0.639. The van der Waals surface area contributed by atoms with Gasteiger partial charge in [0.1, 0.15) is 17.3 Å². The van der Waals surface area contributed by atoms with Crippen LogP contribution < -0.4 is 5.43 Å². The number of aryl methyl sites for hydroxylation is 1. The number of hydrogen-bond acceptors (Lipinski definition) is 3. The van der Waals surface area contributed by atoms with Gasteiger partial charge in [-0.1, -0.05) is 35.9 Å².